The Morgan fingerprint density at radius 3 is 2.41 bits per heavy atom. The molecule has 2 heteroatoms. The van der Waals surface area contributed by atoms with Gasteiger partial charge in [-0.1, -0.05) is 43.8 Å². The van der Waals surface area contributed by atoms with Crippen molar-refractivity contribution in [2.45, 2.75) is 25.2 Å². The second kappa shape index (κ2) is 5.01. The zero-order valence-corrected chi connectivity index (χ0v) is 11.5. The Morgan fingerprint density at radius 1 is 1.18 bits per heavy atom. The molecule has 0 fully saturated rings. The molecule has 17 heavy (non-hydrogen) atoms. The Hall–Kier alpha value is -1.15. The van der Waals surface area contributed by atoms with Crippen LogP contribution in [0.3, 0.4) is 0 Å². The summed E-state index contributed by atoms with van der Waals surface area (Å²) in [7, 11) is 1.94. The van der Waals surface area contributed by atoms with Gasteiger partial charge in [0.25, 0.3) is 0 Å². The number of hydrogen-bond donors (Lipinski definition) is 1. The molecule has 0 spiro atoms. The highest BCUT2D eigenvalue weighted by molar-refractivity contribution is 8.03. The summed E-state index contributed by atoms with van der Waals surface area (Å²) in [5.41, 5.74) is 1.48. The second-order valence-corrected chi connectivity index (χ2v) is 6.16. The van der Waals surface area contributed by atoms with E-state index >= 15 is 0 Å². The van der Waals surface area contributed by atoms with Crippen molar-refractivity contribution in [3.63, 3.8) is 0 Å². The molecule has 1 aromatic rings. The number of thioether (sulfide) groups is 1. The van der Waals surface area contributed by atoms with Crippen LogP contribution >= 0.6 is 11.8 Å². The zero-order chi connectivity index (χ0) is 12.3. The third kappa shape index (κ3) is 3.40. The fourth-order valence-electron chi connectivity index (χ4n) is 1.71. The number of anilines is 1. The molecule has 0 aliphatic heterocycles. The summed E-state index contributed by atoms with van der Waals surface area (Å²) < 4.78 is 0. The van der Waals surface area contributed by atoms with Crippen molar-refractivity contribution in [1.82, 2.24) is 0 Å². The molecule has 1 aliphatic rings. The van der Waals surface area contributed by atoms with E-state index in [0.717, 1.165) is 12.1 Å². The van der Waals surface area contributed by atoms with E-state index in [4.69, 9.17) is 0 Å². The van der Waals surface area contributed by atoms with Gasteiger partial charge in [0.2, 0.25) is 0 Å². The van der Waals surface area contributed by atoms with Gasteiger partial charge in [-0.3, -0.25) is 0 Å². The average Bonchev–Trinajstić information content (AvgIpc) is 2.33. The average molecular weight is 245 g/mol. The van der Waals surface area contributed by atoms with Crippen LogP contribution < -0.4 is 5.32 Å². The van der Waals surface area contributed by atoms with E-state index in [1.54, 1.807) is 0 Å². The van der Waals surface area contributed by atoms with Crippen molar-refractivity contribution in [2.24, 2.45) is 5.41 Å². The van der Waals surface area contributed by atoms with Crippen molar-refractivity contribution >= 4 is 17.4 Å². The Labute approximate surface area is 108 Å². The summed E-state index contributed by atoms with van der Waals surface area (Å²) in [6, 6.07) is 8.54. The third-order valence-electron chi connectivity index (χ3n) is 2.91. The minimum atomic E-state index is 0.319. The largest absolute Gasteiger partial charge is 0.388 e. The monoisotopic (exact) mass is 245 g/mol. The number of allylic oxidation sites excluding steroid dienone is 3. The first kappa shape index (κ1) is 12.3. The molecule has 2 rings (SSSR count). The van der Waals surface area contributed by atoms with Gasteiger partial charge in [0.1, 0.15) is 0 Å². The molecule has 0 amide bonds. The first-order chi connectivity index (χ1) is 8.09. The number of rotatable bonds is 3. The lowest BCUT2D eigenvalue weighted by Crippen LogP contribution is -2.08. The van der Waals surface area contributed by atoms with E-state index in [1.165, 1.54) is 9.80 Å². The Bertz CT molecular complexity index is 440. The normalized spacial score (nSPS) is 17.7. The van der Waals surface area contributed by atoms with Crippen LogP contribution in [0, 0.1) is 5.41 Å². The van der Waals surface area contributed by atoms with Crippen molar-refractivity contribution in [3.05, 3.63) is 47.4 Å². The molecule has 0 saturated heterocycles. The van der Waals surface area contributed by atoms with Gasteiger partial charge in [-0.25, -0.2) is 0 Å². The molecular weight excluding hydrogens is 226 g/mol. The maximum Gasteiger partial charge on any atom is 0.0338 e. The van der Waals surface area contributed by atoms with Gasteiger partial charge in [0, 0.05) is 22.5 Å². The van der Waals surface area contributed by atoms with E-state index < -0.39 is 0 Å². The fourth-order valence-corrected chi connectivity index (χ4v) is 2.56. The quantitative estimate of drug-likeness (QED) is 0.829. The molecular formula is C15H19NS. The zero-order valence-electron chi connectivity index (χ0n) is 10.7. The van der Waals surface area contributed by atoms with Gasteiger partial charge in [0.05, 0.1) is 0 Å². The minimum Gasteiger partial charge on any atom is -0.388 e. The van der Waals surface area contributed by atoms with Gasteiger partial charge in [-0.05, 0) is 36.1 Å². The van der Waals surface area contributed by atoms with Crippen LogP contribution in [0.4, 0.5) is 5.69 Å². The summed E-state index contributed by atoms with van der Waals surface area (Å²) in [6.07, 6.45) is 7.99. The van der Waals surface area contributed by atoms with Gasteiger partial charge in [-0.15, -0.1) is 0 Å². The Balaban J connectivity index is 2.02. The summed E-state index contributed by atoms with van der Waals surface area (Å²) in [5, 5.41) is 3.13. The molecule has 0 radical (unpaired) electrons. The summed E-state index contributed by atoms with van der Waals surface area (Å²) in [5.74, 6) is 0. The Kier molecular flexibility index (Phi) is 3.63. The maximum atomic E-state index is 3.13. The summed E-state index contributed by atoms with van der Waals surface area (Å²) in [6.45, 7) is 4.53. The SMILES string of the molecule is CNc1ccc(SC2=CCC(C)(C)C=C2)cc1. The molecule has 0 bridgehead atoms. The minimum absolute atomic E-state index is 0.319. The van der Waals surface area contributed by atoms with E-state index in [9.17, 15) is 0 Å². The van der Waals surface area contributed by atoms with Gasteiger partial charge in [-0.2, -0.15) is 0 Å². The maximum absolute atomic E-state index is 3.13. The van der Waals surface area contributed by atoms with E-state index in [0.29, 0.717) is 5.41 Å². The predicted molar refractivity (Wildman–Crippen MR) is 77.5 cm³/mol. The first-order valence-electron chi connectivity index (χ1n) is 5.94. The Morgan fingerprint density at radius 2 is 1.88 bits per heavy atom. The molecule has 0 aromatic heterocycles. The lowest BCUT2D eigenvalue weighted by Gasteiger charge is -2.22. The lowest BCUT2D eigenvalue weighted by molar-refractivity contribution is 0.484. The van der Waals surface area contributed by atoms with Crippen LogP contribution in [0.1, 0.15) is 20.3 Å². The number of benzene rings is 1. The van der Waals surface area contributed by atoms with Crippen molar-refractivity contribution < 1.29 is 0 Å². The summed E-state index contributed by atoms with van der Waals surface area (Å²) in [4.78, 5) is 2.64. The third-order valence-corrected chi connectivity index (χ3v) is 3.95. The van der Waals surface area contributed by atoms with Gasteiger partial charge >= 0.3 is 0 Å². The molecule has 0 saturated carbocycles. The van der Waals surface area contributed by atoms with Crippen molar-refractivity contribution in [2.75, 3.05) is 12.4 Å². The molecule has 1 nitrogen and oxygen atoms in total. The van der Waals surface area contributed by atoms with Crippen LogP contribution in [0.15, 0.2) is 52.3 Å². The standard InChI is InChI=1S/C15H19NS/c1-15(2)10-8-14(9-11-15)17-13-6-4-12(16-3)5-7-13/h4-10,16H,11H2,1-3H3. The summed E-state index contributed by atoms with van der Waals surface area (Å²) >= 11 is 1.83. The van der Waals surface area contributed by atoms with E-state index in [2.05, 4.69) is 61.7 Å². The van der Waals surface area contributed by atoms with Crippen LogP contribution in [0.25, 0.3) is 0 Å². The van der Waals surface area contributed by atoms with Crippen molar-refractivity contribution in [1.29, 1.82) is 0 Å². The highest BCUT2D eigenvalue weighted by Crippen LogP contribution is 2.35. The molecule has 1 aromatic carbocycles. The second-order valence-electron chi connectivity index (χ2n) is 5.01. The van der Waals surface area contributed by atoms with Crippen LogP contribution in [-0.4, -0.2) is 7.05 Å². The highest BCUT2D eigenvalue weighted by atomic mass is 32.2. The van der Waals surface area contributed by atoms with E-state index in [1.807, 2.05) is 18.8 Å². The molecule has 1 aliphatic carbocycles. The van der Waals surface area contributed by atoms with Crippen molar-refractivity contribution in [3.8, 4) is 0 Å². The van der Waals surface area contributed by atoms with Gasteiger partial charge < -0.3 is 5.32 Å². The predicted octanol–water partition coefficient (Wildman–Crippen LogP) is 4.69. The van der Waals surface area contributed by atoms with Crippen LogP contribution in [-0.2, 0) is 0 Å². The highest BCUT2D eigenvalue weighted by Gasteiger charge is 2.16. The van der Waals surface area contributed by atoms with Crippen LogP contribution in [0.2, 0.25) is 0 Å². The molecule has 0 atom stereocenters. The molecule has 0 unspecified atom stereocenters. The number of nitrogens with one attached hydrogen (secondary N) is 1. The molecule has 0 heterocycles. The number of hydrogen-bond acceptors (Lipinski definition) is 2. The van der Waals surface area contributed by atoms with Crippen LogP contribution in [0.5, 0.6) is 0 Å². The smallest absolute Gasteiger partial charge is 0.0338 e. The lowest BCUT2D eigenvalue weighted by atomic mass is 9.86. The molecule has 1 N–H and O–H groups in total. The van der Waals surface area contributed by atoms with E-state index in [-0.39, 0.29) is 0 Å². The van der Waals surface area contributed by atoms with Gasteiger partial charge in [0.15, 0.2) is 0 Å². The molecule has 90 valence electrons. The topological polar surface area (TPSA) is 12.0 Å². The first-order valence-corrected chi connectivity index (χ1v) is 6.76. The fraction of sp³-hybridized carbons (Fsp3) is 0.333.